The van der Waals surface area contributed by atoms with Crippen molar-refractivity contribution in [2.45, 2.75) is 16.4 Å². The van der Waals surface area contributed by atoms with Crippen LogP contribution in [0.15, 0.2) is 54.6 Å². The highest BCUT2D eigenvalue weighted by Crippen LogP contribution is 2.35. The lowest BCUT2D eigenvalue weighted by Gasteiger charge is -2.44. The number of halogens is 3. The number of hydrogen-bond donors (Lipinski definition) is 4. The van der Waals surface area contributed by atoms with Crippen LogP contribution in [-0.4, -0.2) is 58.5 Å². The fourth-order valence-corrected chi connectivity index (χ4v) is 4.61. The van der Waals surface area contributed by atoms with Gasteiger partial charge in [0.05, 0.1) is 17.9 Å². The standard InChI is InChI=1S/C24H27Cl3N6O2S/c1-29-18-5-2-3-6-19(18)32-13-4-14-33(23(32)36)22(24(25,26)27)31-20(34)12-9-16-7-10-17(11-8-16)30-21(35)15-28/h2-3,5-12,22,29H,4,13-15,28H2,1H3,(H,30,35)(H,31,34)/b12-9+. The molecule has 36 heavy (non-hydrogen) atoms. The second-order valence-corrected chi connectivity index (χ2v) is 10.6. The third-order valence-electron chi connectivity index (χ3n) is 5.43. The van der Waals surface area contributed by atoms with E-state index in [-0.39, 0.29) is 12.5 Å². The van der Waals surface area contributed by atoms with Gasteiger partial charge in [-0.05, 0) is 54.5 Å². The van der Waals surface area contributed by atoms with E-state index in [0.29, 0.717) is 23.9 Å². The Balaban J connectivity index is 1.73. The van der Waals surface area contributed by atoms with E-state index in [9.17, 15) is 9.59 Å². The predicted octanol–water partition coefficient (Wildman–Crippen LogP) is 3.95. The molecule has 1 atom stereocenters. The maximum Gasteiger partial charge on any atom is 0.245 e. The molecule has 1 saturated heterocycles. The average Bonchev–Trinajstić information content (AvgIpc) is 2.86. The van der Waals surface area contributed by atoms with Crippen molar-refractivity contribution in [1.82, 2.24) is 10.2 Å². The van der Waals surface area contributed by atoms with Crippen molar-refractivity contribution in [2.24, 2.45) is 5.73 Å². The molecule has 2 amide bonds. The van der Waals surface area contributed by atoms with Crippen molar-refractivity contribution < 1.29 is 9.59 Å². The van der Waals surface area contributed by atoms with E-state index in [1.54, 1.807) is 35.2 Å². The quantitative estimate of drug-likeness (QED) is 0.217. The van der Waals surface area contributed by atoms with Crippen molar-refractivity contribution in [1.29, 1.82) is 0 Å². The molecule has 1 aliphatic heterocycles. The van der Waals surface area contributed by atoms with Gasteiger partial charge in [-0.3, -0.25) is 9.59 Å². The summed E-state index contributed by atoms with van der Waals surface area (Å²) in [6, 6.07) is 14.7. The number of hydrogen-bond acceptors (Lipinski definition) is 5. The molecule has 2 aromatic rings. The lowest BCUT2D eigenvalue weighted by atomic mass is 10.2. The van der Waals surface area contributed by atoms with Crippen LogP contribution in [0.2, 0.25) is 0 Å². The molecule has 5 N–H and O–H groups in total. The van der Waals surface area contributed by atoms with Crippen molar-refractivity contribution in [3.05, 3.63) is 60.2 Å². The van der Waals surface area contributed by atoms with Crippen LogP contribution in [0.4, 0.5) is 17.1 Å². The van der Waals surface area contributed by atoms with Crippen molar-refractivity contribution >= 4 is 87.1 Å². The van der Waals surface area contributed by atoms with E-state index >= 15 is 0 Å². The van der Waals surface area contributed by atoms with Gasteiger partial charge in [-0.2, -0.15) is 0 Å². The molecule has 2 aromatic carbocycles. The van der Waals surface area contributed by atoms with Gasteiger partial charge in [0, 0.05) is 31.9 Å². The molecule has 0 aliphatic carbocycles. The molecule has 1 unspecified atom stereocenters. The van der Waals surface area contributed by atoms with E-state index in [1.807, 2.05) is 36.2 Å². The molecule has 0 radical (unpaired) electrons. The van der Waals surface area contributed by atoms with Crippen molar-refractivity contribution in [3.8, 4) is 0 Å². The molecule has 1 heterocycles. The molecule has 1 fully saturated rings. The number of nitrogens with two attached hydrogens (primary N) is 1. The molecule has 12 heteroatoms. The van der Waals surface area contributed by atoms with Crippen LogP contribution in [0.5, 0.6) is 0 Å². The molecule has 8 nitrogen and oxygen atoms in total. The van der Waals surface area contributed by atoms with Gasteiger partial charge in [0.2, 0.25) is 15.6 Å². The summed E-state index contributed by atoms with van der Waals surface area (Å²) in [5.74, 6) is -0.749. The number of benzene rings is 2. The molecular formula is C24H27Cl3N6O2S. The van der Waals surface area contributed by atoms with Crippen molar-refractivity contribution in [3.63, 3.8) is 0 Å². The topological polar surface area (TPSA) is 103 Å². The monoisotopic (exact) mass is 568 g/mol. The smallest absolute Gasteiger partial charge is 0.245 e. The second kappa shape index (κ2) is 12.6. The summed E-state index contributed by atoms with van der Waals surface area (Å²) in [6.45, 7) is 1.10. The highest BCUT2D eigenvalue weighted by molar-refractivity contribution is 7.80. The largest absolute Gasteiger partial charge is 0.386 e. The highest BCUT2D eigenvalue weighted by atomic mass is 35.6. The van der Waals surface area contributed by atoms with Gasteiger partial charge in [-0.1, -0.05) is 59.1 Å². The normalized spacial score (nSPS) is 15.1. The third kappa shape index (κ3) is 7.24. The minimum Gasteiger partial charge on any atom is -0.386 e. The van der Waals surface area contributed by atoms with Crippen LogP contribution in [0, 0.1) is 0 Å². The minimum absolute atomic E-state index is 0.105. The Bertz CT molecular complexity index is 1120. The first-order valence-electron chi connectivity index (χ1n) is 11.1. The first kappa shape index (κ1) is 28.0. The fraction of sp³-hybridized carbons (Fsp3) is 0.292. The SMILES string of the molecule is CNc1ccccc1N1CCCN(C(NC(=O)/C=C/c2ccc(NC(=O)CN)cc2)C(Cl)(Cl)Cl)C1=S. The van der Waals surface area contributed by atoms with Crippen LogP contribution in [0.3, 0.4) is 0 Å². The molecule has 192 valence electrons. The third-order valence-corrected chi connectivity index (χ3v) is 6.50. The average molecular weight is 570 g/mol. The van der Waals surface area contributed by atoms with Crippen LogP contribution in [0.25, 0.3) is 6.08 Å². The predicted molar refractivity (Wildman–Crippen MR) is 153 cm³/mol. The second-order valence-electron chi connectivity index (χ2n) is 7.91. The fourth-order valence-electron chi connectivity index (χ4n) is 3.71. The Kier molecular flexibility index (Phi) is 9.81. The van der Waals surface area contributed by atoms with Crippen LogP contribution in [-0.2, 0) is 9.59 Å². The number of para-hydroxylation sites is 2. The zero-order valence-electron chi connectivity index (χ0n) is 19.5. The molecule has 0 saturated carbocycles. The zero-order valence-corrected chi connectivity index (χ0v) is 22.6. The Hall–Kier alpha value is -2.56. The van der Waals surface area contributed by atoms with Gasteiger partial charge in [0.15, 0.2) is 11.3 Å². The Morgan fingerprint density at radius 1 is 1.14 bits per heavy atom. The minimum atomic E-state index is -1.85. The first-order chi connectivity index (χ1) is 17.1. The Morgan fingerprint density at radius 2 is 1.83 bits per heavy atom. The number of thiocarbonyl (C=S) groups is 1. The van der Waals surface area contributed by atoms with Crippen LogP contribution in [0.1, 0.15) is 12.0 Å². The Labute approximate surface area is 230 Å². The molecule has 3 rings (SSSR count). The summed E-state index contributed by atoms with van der Waals surface area (Å²) >= 11 is 24.7. The van der Waals surface area contributed by atoms with E-state index in [2.05, 4.69) is 16.0 Å². The molecule has 0 spiro atoms. The maximum atomic E-state index is 12.8. The lowest BCUT2D eigenvalue weighted by Crippen LogP contribution is -2.62. The summed E-state index contributed by atoms with van der Waals surface area (Å²) in [5.41, 5.74) is 8.45. The van der Waals surface area contributed by atoms with E-state index in [4.69, 9.17) is 52.8 Å². The van der Waals surface area contributed by atoms with Gasteiger partial charge < -0.3 is 31.5 Å². The van der Waals surface area contributed by atoms with Crippen LogP contribution < -0.4 is 26.6 Å². The Morgan fingerprint density at radius 3 is 2.47 bits per heavy atom. The van der Waals surface area contributed by atoms with E-state index in [0.717, 1.165) is 23.4 Å². The number of nitrogens with one attached hydrogen (secondary N) is 3. The summed E-state index contributed by atoms with van der Waals surface area (Å²) in [6.07, 6.45) is 2.71. The number of anilines is 3. The zero-order chi connectivity index (χ0) is 26.3. The summed E-state index contributed by atoms with van der Waals surface area (Å²) in [4.78, 5) is 27.9. The van der Waals surface area contributed by atoms with Crippen LogP contribution >= 0.6 is 47.0 Å². The first-order valence-corrected chi connectivity index (χ1v) is 12.7. The number of carbonyl (C=O) groups excluding carboxylic acids is 2. The molecule has 0 aromatic heterocycles. The summed E-state index contributed by atoms with van der Waals surface area (Å²) in [7, 11) is 1.84. The van der Waals surface area contributed by atoms with Gasteiger partial charge in [0.1, 0.15) is 0 Å². The summed E-state index contributed by atoms with van der Waals surface area (Å²) < 4.78 is -1.85. The van der Waals surface area contributed by atoms with Gasteiger partial charge >= 0.3 is 0 Å². The maximum absolute atomic E-state index is 12.8. The van der Waals surface area contributed by atoms with Gasteiger partial charge in [0.25, 0.3) is 0 Å². The van der Waals surface area contributed by atoms with E-state index < -0.39 is 15.9 Å². The number of rotatable bonds is 8. The molecular weight excluding hydrogens is 543 g/mol. The number of carbonyl (C=O) groups is 2. The number of nitrogens with zero attached hydrogens (tertiary/aromatic N) is 2. The van der Waals surface area contributed by atoms with Crippen molar-refractivity contribution in [2.75, 3.05) is 42.2 Å². The summed E-state index contributed by atoms with van der Waals surface area (Å²) in [5, 5.41) is 9.04. The number of amides is 2. The molecule has 1 aliphatic rings. The van der Waals surface area contributed by atoms with Gasteiger partial charge in [-0.25, -0.2) is 0 Å². The van der Waals surface area contributed by atoms with E-state index in [1.165, 1.54) is 6.08 Å². The van der Waals surface area contributed by atoms with Gasteiger partial charge in [-0.15, -0.1) is 0 Å². The number of alkyl halides is 3. The lowest BCUT2D eigenvalue weighted by molar-refractivity contribution is -0.118. The highest BCUT2D eigenvalue weighted by Gasteiger charge is 2.42. The molecule has 0 bridgehead atoms.